The molecule has 0 saturated heterocycles. The van der Waals surface area contributed by atoms with Crippen molar-refractivity contribution in [2.75, 3.05) is 0 Å². The molecule has 3 rings (SSSR count). The van der Waals surface area contributed by atoms with Gasteiger partial charge < -0.3 is 79.4 Å². The van der Waals surface area contributed by atoms with Gasteiger partial charge in [0.25, 0.3) is 0 Å². The van der Waals surface area contributed by atoms with E-state index in [1.54, 1.807) is 68.6 Å². The Hall–Kier alpha value is -8.46. The van der Waals surface area contributed by atoms with Crippen molar-refractivity contribution in [2.24, 2.45) is 29.2 Å². The van der Waals surface area contributed by atoms with Crippen LogP contribution in [0.5, 0.6) is 0 Å². The van der Waals surface area contributed by atoms with E-state index >= 15 is 0 Å². The van der Waals surface area contributed by atoms with Crippen LogP contribution in [0.1, 0.15) is 98.1 Å². The van der Waals surface area contributed by atoms with E-state index < -0.39 is 175 Å². The molecule has 0 aliphatic heterocycles. The lowest BCUT2D eigenvalue weighted by atomic mass is 9.98. The average Bonchev–Trinajstić information content (AvgIpc) is 3.80. The molecule has 0 radical (unpaired) electrons. The number of carbonyl (C=O) groups excluding carboxylic acids is 9. The molecular formula is C54H77N11O16. The number of nitrogens with one attached hydrogen (secondary N) is 9. The normalized spacial score (nSPS) is 15.0. The number of hydrogen-bond acceptors (Lipinski definition) is 14. The largest absolute Gasteiger partial charge is 0.481 e. The van der Waals surface area contributed by atoms with Gasteiger partial charge in [-0.05, 0) is 67.6 Å². The zero-order chi connectivity index (χ0) is 60.8. The smallest absolute Gasteiger partial charge is 0.326 e. The van der Waals surface area contributed by atoms with Gasteiger partial charge in [-0.1, -0.05) is 90.1 Å². The van der Waals surface area contributed by atoms with Gasteiger partial charge in [0.1, 0.15) is 48.3 Å². The first kappa shape index (κ1) is 66.8. The second kappa shape index (κ2) is 32.0. The number of aromatic amines is 1. The third-order valence-corrected chi connectivity index (χ3v) is 12.9. The van der Waals surface area contributed by atoms with Crippen LogP contribution in [0.25, 0.3) is 10.9 Å². The minimum absolute atomic E-state index is 0.125. The second-order valence-corrected chi connectivity index (χ2v) is 20.9. The Morgan fingerprint density at radius 1 is 0.506 bits per heavy atom. The molecule has 9 amide bonds. The van der Waals surface area contributed by atoms with Gasteiger partial charge in [0.05, 0.1) is 18.6 Å². The summed E-state index contributed by atoms with van der Waals surface area (Å²) in [4.78, 5) is 162. The molecule has 0 spiro atoms. The summed E-state index contributed by atoms with van der Waals surface area (Å²) in [5, 5.41) is 59.7. The number of nitrogens with two attached hydrogens (primary N) is 2. The van der Waals surface area contributed by atoms with Gasteiger partial charge in [-0.2, -0.15) is 0 Å². The summed E-state index contributed by atoms with van der Waals surface area (Å²) in [6.45, 7) is 10.9. The van der Waals surface area contributed by atoms with Crippen LogP contribution in [0.15, 0.2) is 60.8 Å². The quantitative estimate of drug-likeness (QED) is 0.0327. The summed E-state index contributed by atoms with van der Waals surface area (Å²) in [6, 6.07) is 1.72. The molecule has 0 fully saturated rings. The summed E-state index contributed by atoms with van der Waals surface area (Å²) >= 11 is 0. The Labute approximate surface area is 467 Å². The van der Waals surface area contributed by atoms with E-state index in [2.05, 4.69) is 47.5 Å². The number of carboxylic acids is 3. The Balaban J connectivity index is 1.95. The number of hydrogen-bond donors (Lipinski definition) is 15. The number of aliphatic carboxylic acids is 3. The molecule has 10 atom stereocenters. The number of rotatable bonds is 34. The number of aliphatic hydroxyl groups is 1. The highest BCUT2D eigenvalue weighted by Gasteiger charge is 2.38. The molecule has 0 bridgehead atoms. The standard InChI is InChI=1S/C54H77N11O16/c1-26(2)21-37(60-46(72)33(55)22-30-13-9-8-10-14-30)51(77)63-43(27(3)4)52(78)62-38(23-31-25-57-34-16-12-11-15-32(31)34)49(75)61-39(24-42(70)71)50(76)58-36(18-20-41(68)69)48(74)65-45(29(7)66)53(79)59-35(17-19-40(56)67)47(73)64-44(28(5)6)54(80)81/h8-16,25-29,33,35-39,43-45,57,66H,17-24,55H2,1-7H3,(H2,56,67)(H,58,76)(H,59,79)(H,60,72)(H,61,75)(H,62,78)(H,63,77)(H,64,73)(H,65,74)(H,68,69)(H,70,71)(H,80,81)/t29-,33+,35+,36+,37+,38+,39+,43+,44+,45+/m1/s1. The maximum atomic E-state index is 14.5. The van der Waals surface area contributed by atoms with Crippen LogP contribution in [0.2, 0.25) is 0 Å². The van der Waals surface area contributed by atoms with Crippen LogP contribution in [0, 0.1) is 17.8 Å². The number of amides is 9. The molecule has 1 heterocycles. The number of H-pyrrole nitrogens is 1. The van der Waals surface area contributed by atoms with Gasteiger partial charge in [-0.3, -0.25) is 52.7 Å². The van der Waals surface area contributed by atoms with Crippen molar-refractivity contribution >= 4 is 82.0 Å². The van der Waals surface area contributed by atoms with E-state index in [0.717, 1.165) is 12.5 Å². The van der Waals surface area contributed by atoms with Crippen LogP contribution in [-0.4, -0.2) is 157 Å². The molecule has 0 aliphatic carbocycles. The van der Waals surface area contributed by atoms with Crippen LogP contribution in [0.4, 0.5) is 0 Å². The molecule has 444 valence electrons. The Morgan fingerprint density at radius 2 is 0.975 bits per heavy atom. The highest BCUT2D eigenvalue weighted by molar-refractivity contribution is 5.99. The predicted molar refractivity (Wildman–Crippen MR) is 292 cm³/mol. The number of aliphatic hydroxyl groups excluding tert-OH is 1. The molecule has 17 N–H and O–H groups in total. The lowest BCUT2D eigenvalue weighted by molar-refractivity contribution is -0.144. The fraction of sp³-hybridized carbons (Fsp3) is 0.519. The van der Waals surface area contributed by atoms with Crippen LogP contribution in [-0.2, 0) is 70.4 Å². The summed E-state index contributed by atoms with van der Waals surface area (Å²) in [5.74, 6) is -15.2. The van der Waals surface area contributed by atoms with Crippen molar-refractivity contribution in [1.29, 1.82) is 0 Å². The summed E-state index contributed by atoms with van der Waals surface area (Å²) in [7, 11) is 0. The van der Waals surface area contributed by atoms with E-state index in [-0.39, 0.29) is 25.2 Å². The van der Waals surface area contributed by atoms with Crippen LogP contribution in [0.3, 0.4) is 0 Å². The van der Waals surface area contributed by atoms with Crippen molar-refractivity contribution < 1.29 is 78.0 Å². The zero-order valence-corrected chi connectivity index (χ0v) is 46.3. The van der Waals surface area contributed by atoms with Crippen LogP contribution < -0.4 is 54.0 Å². The first-order valence-corrected chi connectivity index (χ1v) is 26.4. The summed E-state index contributed by atoms with van der Waals surface area (Å²) in [5.41, 5.74) is 13.4. The Bertz CT molecular complexity index is 2710. The number of fused-ring (bicyclic) bond motifs is 1. The molecule has 3 aromatic rings. The van der Waals surface area contributed by atoms with E-state index in [1.165, 1.54) is 13.8 Å². The van der Waals surface area contributed by atoms with Gasteiger partial charge >= 0.3 is 17.9 Å². The van der Waals surface area contributed by atoms with Crippen molar-refractivity contribution in [3.8, 4) is 0 Å². The average molecular weight is 1140 g/mol. The number of benzene rings is 2. The van der Waals surface area contributed by atoms with E-state index in [1.807, 2.05) is 19.9 Å². The van der Waals surface area contributed by atoms with E-state index in [0.29, 0.717) is 16.5 Å². The van der Waals surface area contributed by atoms with Gasteiger partial charge in [0, 0.05) is 36.4 Å². The zero-order valence-electron chi connectivity index (χ0n) is 46.3. The van der Waals surface area contributed by atoms with Gasteiger partial charge in [0.2, 0.25) is 53.2 Å². The van der Waals surface area contributed by atoms with Crippen LogP contribution >= 0.6 is 0 Å². The van der Waals surface area contributed by atoms with E-state index in [9.17, 15) is 78.0 Å². The maximum Gasteiger partial charge on any atom is 0.326 e. The first-order valence-electron chi connectivity index (χ1n) is 26.4. The number of primary amides is 1. The fourth-order valence-corrected chi connectivity index (χ4v) is 8.43. The third-order valence-electron chi connectivity index (χ3n) is 12.9. The van der Waals surface area contributed by atoms with Crippen molar-refractivity contribution in [3.63, 3.8) is 0 Å². The number of carbonyl (C=O) groups is 12. The Morgan fingerprint density at radius 3 is 1.52 bits per heavy atom. The second-order valence-electron chi connectivity index (χ2n) is 20.9. The Kier molecular flexibility index (Phi) is 26.4. The highest BCUT2D eigenvalue weighted by Crippen LogP contribution is 2.20. The summed E-state index contributed by atoms with van der Waals surface area (Å²) in [6.07, 6.45) is -3.81. The molecule has 0 unspecified atom stereocenters. The number of carboxylic acid groups (broad SMARTS) is 3. The lowest BCUT2D eigenvalue weighted by Crippen LogP contribution is -2.62. The molecular weight excluding hydrogens is 1060 g/mol. The summed E-state index contributed by atoms with van der Waals surface area (Å²) < 4.78 is 0. The SMILES string of the molecule is CC(C)C[C@H](NC(=O)[C@@H](N)Cc1ccccc1)C(=O)N[C@H](C(=O)N[C@@H](Cc1c[nH]c2ccccc12)C(=O)N[C@@H](CC(=O)O)C(=O)N[C@@H](CCC(=O)O)C(=O)N[C@H](C(=O)N[C@@H](CCC(N)=O)C(=O)N[C@H](C(=O)O)C(C)C)[C@@H](C)O)C(C)C. The van der Waals surface area contributed by atoms with Gasteiger partial charge in [-0.15, -0.1) is 0 Å². The van der Waals surface area contributed by atoms with Crippen molar-refractivity contribution in [3.05, 3.63) is 71.9 Å². The highest BCUT2D eigenvalue weighted by atomic mass is 16.4. The number of aromatic nitrogens is 1. The fourth-order valence-electron chi connectivity index (χ4n) is 8.43. The minimum atomic E-state index is -2.05. The molecule has 81 heavy (non-hydrogen) atoms. The van der Waals surface area contributed by atoms with Gasteiger partial charge in [-0.25, -0.2) is 4.79 Å². The molecule has 2 aromatic carbocycles. The van der Waals surface area contributed by atoms with Gasteiger partial charge in [0.15, 0.2) is 0 Å². The van der Waals surface area contributed by atoms with E-state index in [4.69, 9.17) is 11.5 Å². The first-order chi connectivity index (χ1) is 38.0. The lowest BCUT2D eigenvalue weighted by Gasteiger charge is -2.29. The third kappa shape index (κ3) is 22.0. The molecule has 27 heteroatoms. The predicted octanol–water partition coefficient (Wildman–Crippen LogP) is -1.41. The molecule has 0 saturated carbocycles. The topological polar surface area (TPSA) is 450 Å². The number of para-hydroxylation sites is 1. The van der Waals surface area contributed by atoms with Crippen molar-refractivity contribution in [1.82, 2.24) is 47.5 Å². The maximum absolute atomic E-state index is 14.5. The minimum Gasteiger partial charge on any atom is -0.481 e. The monoisotopic (exact) mass is 1140 g/mol. The molecule has 27 nitrogen and oxygen atoms in total. The molecule has 0 aliphatic rings. The van der Waals surface area contributed by atoms with Crippen molar-refractivity contribution in [2.45, 2.75) is 160 Å². The molecule has 1 aromatic heterocycles.